The fourth-order valence-electron chi connectivity index (χ4n) is 3.97. The van der Waals surface area contributed by atoms with Crippen molar-refractivity contribution in [1.82, 2.24) is 19.5 Å². The molecule has 1 fully saturated rings. The summed E-state index contributed by atoms with van der Waals surface area (Å²) in [4.78, 5) is 18.9. The molecule has 31 heavy (non-hydrogen) atoms. The van der Waals surface area contributed by atoms with Gasteiger partial charge in [-0.3, -0.25) is 4.79 Å². The Labute approximate surface area is 183 Å². The Hall–Kier alpha value is -2.93. The van der Waals surface area contributed by atoms with E-state index in [1.165, 1.54) is 0 Å². The molecule has 0 aliphatic carbocycles. The number of benzene rings is 1. The highest BCUT2D eigenvalue weighted by molar-refractivity contribution is 5.78. The maximum Gasteiger partial charge on any atom is 0.222 e. The SMILES string of the molecule is CC(C)(C)CCN1C(=O)CC[C@H]1CNc1ccc2ncc(-c3ccc(CN)cc3)n2n1. The first-order valence-corrected chi connectivity index (χ1v) is 11.0. The molecule has 0 saturated carbocycles. The summed E-state index contributed by atoms with van der Waals surface area (Å²) in [5, 5.41) is 8.20. The minimum atomic E-state index is 0.207. The van der Waals surface area contributed by atoms with E-state index in [0.29, 0.717) is 19.5 Å². The number of hydrogen-bond donors (Lipinski definition) is 2. The molecule has 164 valence electrons. The molecule has 2 aromatic heterocycles. The molecule has 1 amide bonds. The molecule has 3 heterocycles. The van der Waals surface area contributed by atoms with Crippen LogP contribution in [0.1, 0.15) is 45.6 Å². The van der Waals surface area contributed by atoms with Crippen molar-refractivity contribution >= 4 is 17.4 Å². The highest BCUT2D eigenvalue weighted by Crippen LogP contribution is 2.25. The van der Waals surface area contributed by atoms with Crippen LogP contribution in [0.2, 0.25) is 0 Å². The van der Waals surface area contributed by atoms with Gasteiger partial charge in [-0.15, -0.1) is 5.10 Å². The summed E-state index contributed by atoms with van der Waals surface area (Å²) >= 11 is 0. The van der Waals surface area contributed by atoms with Gasteiger partial charge in [0.1, 0.15) is 5.82 Å². The summed E-state index contributed by atoms with van der Waals surface area (Å²) in [7, 11) is 0. The Morgan fingerprint density at radius 1 is 1.16 bits per heavy atom. The Bertz CT molecular complexity index is 1050. The quantitative estimate of drug-likeness (QED) is 0.608. The van der Waals surface area contributed by atoms with Crippen LogP contribution in [0, 0.1) is 5.41 Å². The number of nitrogens with two attached hydrogens (primary N) is 1. The van der Waals surface area contributed by atoms with E-state index in [0.717, 1.165) is 47.7 Å². The van der Waals surface area contributed by atoms with Gasteiger partial charge in [-0.1, -0.05) is 45.0 Å². The lowest BCUT2D eigenvalue weighted by Gasteiger charge is -2.28. The largest absolute Gasteiger partial charge is 0.367 e. The Balaban J connectivity index is 1.48. The first kappa shape index (κ1) is 21.3. The standard InChI is InChI=1S/C24H32N6O/c1-24(2,3)12-13-29-19(8-11-23(29)31)15-26-21-9-10-22-27-16-20(30(22)28-21)18-6-4-17(14-25)5-7-18/h4-7,9-10,16,19H,8,11-15,25H2,1-3H3,(H,26,28)/t19-/m0/s1. The van der Waals surface area contributed by atoms with Gasteiger partial charge in [0.2, 0.25) is 5.91 Å². The van der Waals surface area contributed by atoms with Crippen LogP contribution in [0.25, 0.3) is 16.9 Å². The molecular formula is C24H32N6O. The molecule has 7 heteroatoms. The van der Waals surface area contributed by atoms with Crippen LogP contribution in [0.4, 0.5) is 5.82 Å². The zero-order valence-corrected chi connectivity index (χ0v) is 18.6. The van der Waals surface area contributed by atoms with Crippen LogP contribution in [-0.2, 0) is 11.3 Å². The highest BCUT2D eigenvalue weighted by atomic mass is 16.2. The summed E-state index contributed by atoms with van der Waals surface area (Å²) in [5.74, 6) is 1.04. The lowest BCUT2D eigenvalue weighted by molar-refractivity contribution is -0.129. The van der Waals surface area contributed by atoms with Crippen molar-refractivity contribution in [2.75, 3.05) is 18.4 Å². The highest BCUT2D eigenvalue weighted by Gasteiger charge is 2.31. The molecule has 0 radical (unpaired) electrons. The predicted molar refractivity (Wildman–Crippen MR) is 124 cm³/mol. The van der Waals surface area contributed by atoms with Gasteiger partial charge in [-0.05, 0) is 36.0 Å². The van der Waals surface area contributed by atoms with Gasteiger partial charge in [0.15, 0.2) is 5.65 Å². The number of imidazole rings is 1. The third-order valence-electron chi connectivity index (χ3n) is 5.92. The number of anilines is 1. The number of likely N-dealkylation sites (tertiary alicyclic amines) is 1. The second kappa shape index (κ2) is 8.67. The van der Waals surface area contributed by atoms with Gasteiger partial charge >= 0.3 is 0 Å². The summed E-state index contributed by atoms with van der Waals surface area (Å²) in [6.07, 6.45) is 4.36. The Morgan fingerprint density at radius 2 is 1.94 bits per heavy atom. The summed E-state index contributed by atoms with van der Waals surface area (Å²) in [5.41, 5.74) is 9.80. The molecule has 1 atom stereocenters. The van der Waals surface area contributed by atoms with Gasteiger partial charge in [-0.2, -0.15) is 0 Å². The molecule has 3 aromatic rings. The van der Waals surface area contributed by atoms with Crippen molar-refractivity contribution in [3.8, 4) is 11.3 Å². The number of carbonyl (C=O) groups excluding carboxylic acids is 1. The lowest BCUT2D eigenvalue weighted by Crippen LogP contribution is -2.39. The van der Waals surface area contributed by atoms with Crippen LogP contribution < -0.4 is 11.1 Å². The maximum atomic E-state index is 12.4. The average Bonchev–Trinajstić information content (AvgIpc) is 3.33. The van der Waals surface area contributed by atoms with Crippen LogP contribution in [0.5, 0.6) is 0 Å². The van der Waals surface area contributed by atoms with Gasteiger partial charge in [0, 0.05) is 37.7 Å². The van der Waals surface area contributed by atoms with Crippen LogP contribution in [-0.4, -0.2) is 44.5 Å². The predicted octanol–water partition coefficient (Wildman–Crippen LogP) is 3.69. The number of carbonyl (C=O) groups is 1. The second-order valence-electron chi connectivity index (χ2n) is 9.50. The minimum absolute atomic E-state index is 0.207. The van der Waals surface area contributed by atoms with E-state index < -0.39 is 0 Å². The summed E-state index contributed by atoms with van der Waals surface area (Å²) in [6.45, 7) is 8.68. The normalized spacial score (nSPS) is 17.0. The molecule has 1 aliphatic heterocycles. The molecule has 1 aliphatic rings. The minimum Gasteiger partial charge on any atom is -0.367 e. The smallest absolute Gasteiger partial charge is 0.222 e. The van der Waals surface area contributed by atoms with Gasteiger partial charge in [0.05, 0.1) is 11.9 Å². The average molecular weight is 421 g/mol. The topological polar surface area (TPSA) is 88.5 Å². The number of rotatable bonds is 7. The van der Waals surface area contributed by atoms with E-state index in [2.05, 4.69) is 31.1 Å². The number of aromatic nitrogens is 3. The van der Waals surface area contributed by atoms with Crippen molar-refractivity contribution in [2.45, 2.75) is 52.6 Å². The number of hydrogen-bond acceptors (Lipinski definition) is 5. The van der Waals surface area contributed by atoms with Crippen molar-refractivity contribution in [3.63, 3.8) is 0 Å². The van der Waals surface area contributed by atoms with Crippen molar-refractivity contribution in [2.24, 2.45) is 11.1 Å². The maximum absolute atomic E-state index is 12.4. The molecule has 3 N–H and O–H groups in total. The van der Waals surface area contributed by atoms with E-state index in [1.54, 1.807) is 0 Å². The summed E-state index contributed by atoms with van der Waals surface area (Å²) < 4.78 is 1.86. The second-order valence-corrected chi connectivity index (χ2v) is 9.50. The summed E-state index contributed by atoms with van der Waals surface area (Å²) in [6, 6.07) is 12.3. The lowest BCUT2D eigenvalue weighted by atomic mass is 9.92. The van der Waals surface area contributed by atoms with Crippen molar-refractivity contribution in [1.29, 1.82) is 0 Å². The van der Waals surface area contributed by atoms with E-state index in [1.807, 2.05) is 52.0 Å². The van der Waals surface area contributed by atoms with E-state index in [4.69, 9.17) is 10.8 Å². The molecule has 0 spiro atoms. The molecule has 4 rings (SSSR count). The monoisotopic (exact) mass is 420 g/mol. The van der Waals surface area contributed by atoms with Gasteiger partial charge in [0.25, 0.3) is 0 Å². The zero-order valence-electron chi connectivity index (χ0n) is 18.6. The van der Waals surface area contributed by atoms with Gasteiger partial charge in [-0.25, -0.2) is 9.50 Å². The number of nitrogens with one attached hydrogen (secondary N) is 1. The molecule has 1 saturated heterocycles. The number of amides is 1. The fourth-order valence-corrected chi connectivity index (χ4v) is 3.97. The first-order chi connectivity index (χ1) is 14.8. The Kier molecular flexibility index (Phi) is 5.96. The molecule has 1 aromatic carbocycles. The third kappa shape index (κ3) is 4.88. The zero-order chi connectivity index (χ0) is 22.0. The first-order valence-electron chi connectivity index (χ1n) is 11.0. The van der Waals surface area contributed by atoms with E-state index >= 15 is 0 Å². The molecule has 7 nitrogen and oxygen atoms in total. The number of fused-ring (bicyclic) bond motifs is 1. The Morgan fingerprint density at radius 3 is 2.65 bits per heavy atom. The van der Waals surface area contributed by atoms with Crippen molar-refractivity contribution < 1.29 is 4.79 Å². The van der Waals surface area contributed by atoms with Crippen molar-refractivity contribution in [3.05, 3.63) is 48.2 Å². The van der Waals surface area contributed by atoms with E-state index in [9.17, 15) is 4.79 Å². The van der Waals surface area contributed by atoms with Crippen LogP contribution in [0.15, 0.2) is 42.6 Å². The third-order valence-corrected chi connectivity index (χ3v) is 5.92. The molecule has 0 unspecified atom stereocenters. The van der Waals surface area contributed by atoms with Crippen LogP contribution >= 0.6 is 0 Å². The van der Waals surface area contributed by atoms with Crippen LogP contribution in [0.3, 0.4) is 0 Å². The fraction of sp³-hybridized carbons (Fsp3) is 0.458. The van der Waals surface area contributed by atoms with E-state index in [-0.39, 0.29) is 17.4 Å². The van der Waals surface area contributed by atoms with Gasteiger partial charge < -0.3 is 16.0 Å². The molecular weight excluding hydrogens is 388 g/mol. The molecule has 0 bridgehead atoms. The number of nitrogens with zero attached hydrogens (tertiary/aromatic N) is 4.